The van der Waals surface area contributed by atoms with Gasteiger partial charge in [-0.05, 0) is 13.3 Å². The zero-order valence-electron chi connectivity index (χ0n) is 14.7. The highest BCUT2D eigenvalue weighted by molar-refractivity contribution is 5.81. The molecular weight excluding hydrogens is 308 g/mol. The van der Waals surface area contributed by atoms with Gasteiger partial charge in [-0.15, -0.1) is 0 Å². The van der Waals surface area contributed by atoms with E-state index >= 15 is 0 Å². The summed E-state index contributed by atoms with van der Waals surface area (Å²) in [6.45, 7) is 6.27. The summed E-state index contributed by atoms with van der Waals surface area (Å²) >= 11 is 0. The van der Waals surface area contributed by atoms with Crippen molar-refractivity contribution in [3.63, 3.8) is 0 Å². The molecule has 0 aliphatic carbocycles. The normalized spacial score (nSPS) is 19.7. The Balaban J connectivity index is 1.96. The molecule has 1 amide bonds. The Labute approximate surface area is 142 Å². The number of carbonyl (C=O) groups excluding carboxylic acids is 1. The second-order valence-corrected chi connectivity index (χ2v) is 6.09. The zero-order valence-corrected chi connectivity index (χ0v) is 14.7. The minimum Gasteiger partial charge on any atom is -0.367 e. The molecule has 8 heteroatoms. The van der Waals surface area contributed by atoms with Crippen LogP contribution < -0.4 is 0 Å². The molecule has 1 N–H and O–H groups in total. The number of H-pyrrole nitrogens is 1. The Morgan fingerprint density at radius 1 is 1.62 bits per heavy atom. The monoisotopic (exact) mass is 334 g/mol. The molecule has 0 aromatic carbocycles. The van der Waals surface area contributed by atoms with Crippen molar-refractivity contribution in [1.82, 2.24) is 25.0 Å². The lowest BCUT2D eigenvalue weighted by molar-refractivity contribution is -0.138. The van der Waals surface area contributed by atoms with Gasteiger partial charge in [-0.2, -0.15) is 10.4 Å². The van der Waals surface area contributed by atoms with Gasteiger partial charge in [0.2, 0.25) is 5.91 Å². The van der Waals surface area contributed by atoms with E-state index in [2.05, 4.69) is 33.1 Å². The van der Waals surface area contributed by atoms with Crippen LogP contribution >= 0.6 is 0 Å². The molecule has 0 radical (unpaired) electrons. The van der Waals surface area contributed by atoms with Gasteiger partial charge >= 0.3 is 0 Å². The first-order valence-corrected chi connectivity index (χ1v) is 8.45. The predicted molar refractivity (Wildman–Crippen MR) is 88.0 cm³/mol. The van der Waals surface area contributed by atoms with Crippen molar-refractivity contribution >= 4 is 5.91 Å². The molecule has 24 heavy (non-hydrogen) atoms. The molecule has 2 heterocycles. The first kappa shape index (κ1) is 18.4. The highest BCUT2D eigenvalue weighted by atomic mass is 16.5. The van der Waals surface area contributed by atoms with E-state index in [9.17, 15) is 4.79 Å². The molecule has 0 bridgehead atoms. The van der Waals surface area contributed by atoms with Crippen LogP contribution in [0.25, 0.3) is 0 Å². The molecule has 1 aromatic rings. The number of morpholine rings is 1. The first-order valence-electron chi connectivity index (χ1n) is 8.45. The highest BCUT2D eigenvalue weighted by Crippen LogP contribution is 2.21. The summed E-state index contributed by atoms with van der Waals surface area (Å²) in [5, 5.41) is 15.9. The van der Waals surface area contributed by atoms with Gasteiger partial charge in [0.15, 0.2) is 5.82 Å². The SMILES string of the molecule is CCCc1nc([C@@H]2CN([C@@H](C)C(=O)N(C)CCC#N)CCO2)n[nH]1. The number of nitrogens with one attached hydrogen (secondary N) is 1. The number of hydrogen-bond acceptors (Lipinski definition) is 6. The third kappa shape index (κ3) is 4.52. The lowest BCUT2D eigenvalue weighted by Gasteiger charge is -2.36. The number of rotatable bonds is 7. The number of aromatic amines is 1. The third-order valence-corrected chi connectivity index (χ3v) is 4.26. The first-order chi connectivity index (χ1) is 11.6. The van der Waals surface area contributed by atoms with Gasteiger partial charge < -0.3 is 9.64 Å². The summed E-state index contributed by atoms with van der Waals surface area (Å²) in [5.74, 6) is 1.54. The van der Waals surface area contributed by atoms with Crippen LogP contribution in [0.3, 0.4) is 0 Å². The number of amides is 1. The molecule has 8 nitrogen and oxygen atoms in total. The Bertz CT molecular complexity index is 581. The summed E-state index contributed by atoms with van der Waals surface area (Å²) in [4.78, 5) is 20.7. The minimum absolute atomic E-state index is 0.0209. The van der Waals surface area contributed by atoms with Crippen LogP contribution in [0.5, 0.6) is 0 Å². The quantitative estimate of drug-likeness (QED) is 0.795. The molecule has 1 saturated heterocycles. The Kier molecular flexibility index (Phi) is 6.70. The summed E-state index contributed by atoms with van der Waals surface area (Å²) in [5.41, 5.74) is 0. The molecule has 0 saturated carbocycles. The standard InChI is InChI=1S/C16H26N6O2/c1-4-6-14-18-15(20-19-14)13-11-22(9-10-24-13)12(2)16(23)21(3)8-5-7-17/h12-13H,4-6,8-11H2,1-3H3,(H,18,19,20)/t12-,13-/m0/s1. The van der Waals surface area contributed by atoms with E-state index in [1.165, 1.54) is 0 Å². The summed E-state index contributed by atoms with van der Waals surface area (Å²) in [6, 6.07) is 1.81. The largest absolute Gasteiger partial charge is 0.367 e. The molecular formula is C16H26N6O2. The van der Waals surface area contributed by atoms with Crippen molar-refractivity contribution in [2.45, 2.75) is 45.3 Å². The number of hydrogen-bond donors (Lipinski definition) is 1. The van der Waals surface area contributed by atoms with Crippen molar-refractivity contribution in [1.29, 1.82) is 5.26 Å². The average Bonchev–Trinajstić information content (AvgIpc) is 3.07. The van der Waals surface area contributed by atoms with Crippen LogP contribution in [-0.2, 0) is 16.0 Å². The number of likely N-dealkylation sites (N-methyl/N-ethyl adjacent to an activating group) is 1. The molecule has 0 spiro atoms. The Hall–Kier alpha value is -1.98. The highest BCUT2D eigenvalue weighted by Gasteiger charge is 2.31. The van der Waals surface area contributed by atoms with Crippen LogP contribution in [0.15, 0.2) is 0 Å². The van der Waals surface area contributed by atoms with Gasteiger partial charge in [-0.3, -0.25) is 14.8 Å². The van der Waals surface area contributed by atoms with Crippen LogP contribution in [0.2, 0.25) is 0 Å². The Morgan fingerprint density at radius 2 is 2.42 bits per heavy atom. The molecule has 1 aliphatic rings. The molecule has 0 unspecified atom stereocenters. The van der Waals surface area contributed by atoms with Crippen molar-refractivity contribution in [3.8, 4) is 6.07 Å². The smallest absolute Gasteiger partial charge is 0.239 e. The number of aromatic nitrogens is 3. The summed E-state index contributed by atoms with van der Waals surface area (Å²) in [7, 11) is 1.74. The Morgan fingerprint density at radius 3 is 3.12 bits per heavy atom. The van der Waals surface area contributed by atoms with E-state index in [1.807, 2.05) is 6.92 Å². The number of nitriles is 1. The third-order valence-electron chi connectivity index (χ3n) is 4.26. The minimum atomic E-state index is -0.255. The maximum Gasteiger partial charge on any atom is 0.239 e. The van der Waals surface area contributed by atoms with E-state index in [0.29, 0.717) is 38.5 Å². The van der Waals surface area contributed by atoms with Gasteiger partial charge in [0.1, 0.15) is 11.9 Å². The van der Waals surface area contributed by atoms with E-state index in [4.69, 9.17) is 10.00 Å². The lowest BCUT2D eigenvalue weighted by atomic mass is 10.2. The van der Waals surface area contributed by atoms with Crippen LogP contribution in [-0.4, -0.2) is 70.2 Å². The fourth-order valence-electron chi connectivity index (χ4n) is 2.78. The maximum atomic E-state index is 12.5. The number of ether oxygens (including phenoxy) is 1. The van der Waals surface area contributed by atoms with E-state index in [-0.39, 0.29) is 18.1 Å². The van der Waals surface area contributed by atoms with E-state index < -0.39 is 0 Å². The fraction of sp³-hybridized carbons (Fsp3) is 0.750. The summed E-state index contributed by atoms with van der Waals surface area (Å²) in [6.07, 6.45) is 1.99. The average molecular weight is 334 g/mol. The number of aryl methyl sites for hydroxylation is 1. The zero-order chi connectivity index (χ0) is 17.5. The molecule has 1 aromatic heterocycles. The number of carbonyl (C=O) groups is 1. The van der Waals surface area contributed by atoms with Crippen molar-refractivity contribution in [2.75, 3.05) is 33.3 Å². The van der Waals surface area contributed by atoms with Crippen LogP contribution in [0, 0.1) is 11.3 Å². The lowest BCUT2D eigenvalue weighted by Crippen LogP contribution is -2.50. The van der Waals surface area contributed by atoms with Crippen molar-refractivity contribution < 1.29 is 9.53 Å². The van der Waals surface area contributed by atoms with Gasteiger partial charge in [-0.25, -0.2) is 4.98 Å². The van der Waals surface area contributed by atoms with Gasteiger partial charge in [0.05, 0.1) is 25.1 Å². The van der Waals surface area contributed by atoms with Gasteiger partial charge in [0.25, 0.3) is 0 Å². The molecule has 1 aliphatic heterocycles. The molecule has 2 atom stereocenters. The second-order valence-electron chi connectivity index (χ2n) is 6.09. The molecule has 132 valence electrons. The second kappa shape index (κ2) is 8.76. The molecule has 1 fully saturated rings. The molecule has 2 rings (SSSR count). The van der Waals surface area contributed by atoms with E-state index in [1.54, 1.807) is 11.9 Å². The predicted octanol–water partition coefficient (Wildman–Crippen LogP) is 0.891. The topological polar surface area (TPSA) is 98.1 Å². The van der Waals surface area contributed by atoms with Crippen LogP contribution in [0.1, 0.15) is 44.4 Å². The fourth-order valence-corrected chi connectivity index (χ4v) is 2.78. The van der Waals surface area contributed by atoms with Gasteiger partial charge in [0, 0.05) is 33.1 Å². The van der Waals surface area contributed by atoms with Crippen molar-refractivity contribution in [2.24, 2.45) is 0 Å². The maximum absolute atomic E-state index is 12.5. The number of nitrogens with zero attached hydrogens (tertiary/aromatic N) is 5. The van der Waals surface area contributed by atoms with Crippen molar-refractivity contribution in [3.05, 3.63) is 11.6 Å². The summed E-state index contributed by atoms with van der Waals surface area (Å²) < 4.78 is 5.79. The van der Waals surface area contributed by atoms with Gasteiger partial charge in [-0.1, -0.05) is 6.92 Å². The van der Waals surface area contributed by atoms with E-state index in [0.717, 1.165) is 18.7 Å². The van der Waals surface area contributed by atoms with Crippen LogP contribution in [0.4, 0.5) is 0 Å².